The SMILES string of the molecule is Cc1ccc(C(=O)C(OC(=O)c2cccc(N3C(=O)C4CC=CCC4C3=O)c2)c2ccccc2)cc1C. The quantitative estimate of drug-likeness (QED) is 0.195. The van der Waals surface area contributed by atoms with Crippen molar-refractivity contribution in [2.75, 3.05) is 4.90 Å². The van der Waals surface area contributed by atoms with Crippen LogP contribution in [0.5, 0.6) is 0 Å². The molecule has 1 heterocycles. The number of rotatable bonds is 6. The average molecular weight is 494 g/mol. The van der Waals surface area contributed by atoms with Gasteiger partial charge in [-0.1, -0.05) is 60.7 Å². The molecule has 3 aromatic rings. The zero-order chi connectivity index (χ0) is 26.1. The Kier molecular flexibility index (Phi) is 6.57. The van der Waals surface area contributed by atoms with Crippen molar-refractivity contribution in [3.63, 3.8) is 0 Å². The van der Waals surface area contributed by atoms with E-state index in [1.54, 1.807) is 54.6 Å². The summed E-state index contributed by atoms with van der Waals surface area (Å²) in [5.74, 6) is -2.29. The summed E-state index contributed by atoms with van der Waals surface area (Å²) < 4.78 is 5.79. The van der Waals surface area contributed by atoms with Gasteiger partial charge in [-0.3, -0.25) is 19.3 Å². The van der Waals surface area contributed by atoms with Gasteiger partial charge in [0.1, 0.15) is 0 Å². The maximum atomic E-state index is 13.5. The van der Waals surface area contributed by atoms with Crippen LogP contribution in [0.1, 0.15) is 56.4 Å². The molecule has 2 amide bonds. The maximum Gasteiger partial charge on any atom is 0.339 e. The van der Waals surface area contributed by atoms with Gasteiger partial charge in [-0.15, -0.1) is 0 Å². The molecule has 3 atom stereocenters. The largest absolute Gasteiger partial charge is 0.445 e. The lowest BCUT2D eigenvalue weighted by Crippen LogP contribution is -2.31. The molecule has 0 bridgehead atoms. The lowest BCUT2D eigenvalue weighted by Gasteiger charge is -2.19. The summed E-state index contributed by atoms with van der Waals surface area (Å²) in [6.07, 6.45) is 3.78. The van der Waals surface area contributed by atoms with Crippen molar-refractivity contribution in [1.82, 2.24) is 0 Å². The molecule has 2 aliphatic rings. The van der Waals surface area contributed by atoms with Crippen LogP contribution in [-0.2, 0) is 14.3 Å². The van der Waals surface area contributed by atoms with E-state index in [1.807, 2.05) is 38.1 Å². The molecule has 37 heavy (non-hydrogen) atoms. The number of ketones is 1. The number of carbonyl (C=O) groups excluding carboxylic acids is 4. The van der Waals surface area contributed by atoms with Crippen molar-refractivity contribution in [2.24, 2.45) is 11.8 Å². The molecule has 5 rings (SSSR count). The summed E-state index contributed by atoms with van der Waals surface area (Å²) >= 11 is 0. The molecule has 0 aromatic heterocycles. The second-order valence-corrected chi connectivity index (χ2v) is 9.58. The Hall–Kier alpha value is -4.32. The molecular weight excluding hydrogens is 466 g/mol. The molecule has 0 radical (unpaired) electrons. The number of carbonyl (C=O) groups is 4. The van der Waals surface area contributed by atoms with Gasteiger partial charge < -0.3 is 4.74 Å². The van der Waals surface area contributed by atoms with Crippen LogP contribution < -0.4 is 4.90 Å². The number of fused-ring (bicyclic) bond motifs is 1. The van der Waals surface area contributed by atoms with E-state index in [0.29, 0.717) is 29.7 Å². The van der Waals surface area contributed by atoms with E-state index in [1.165, 1.54) is 11.0 Å². The number of hydrogen-bond donors (Lipinski definition) is 0. The molecule has 3 unspecified atom stereocenters. The number of imide groups is 1. The van der Waals surface area contributed by atoms with Crippen LogP contribution in [0.4, 0.5) is 5.69 Å². The molecule has 3 aromatic carbocycles. The standard InChI is InChI=1S/C31H27NO5/c1-19-15-16-22(17-20(19)2)27(33)28(21-9-4-3-5-10-21)37-31(36)23-11-8-12-24(18-23)32-29(34)25-13-6-7-14-26(25)30(32)35/h3-12,15-18,25-26,28H,13-14H2,1-2H3. The smallest absolute Gasteiger partial charge is 0.339 e. The third-order valence-corrected chi connectivity index (χ3v) is 7.20. The molecule has 0 N–H and O–H groups in total. The van der Waals surface area contributed by atoms with Gasteiger partial charge in [0, 0.05) is 11.1 Å². The zero-order valence-corrected chi connectivity index (χ0v) is 20.7. The van der Waals surface area contributed by atoms with Crippen LogP contribution in [0.2, 0.25) is 0 Å². The van der Waals surface area contributed by atoms with Crippen LogP contribution in [0.15, 0.2) is 84.9 Å². The Labute approximate surface area is 215 Å². The van der Waals surface area contributed by atoms with E-state index in [2.05, 4.69) is 0 Å². The lowest BCUT2D eigenvalue weighted by atomic mass is 9.85. The van der Waals surface area contributed by atoms with Gasteiger partial charge in [-0.2, -0.15) is 0 Å². The van der Waals surface area contributed by atoms with Gasteiger partial charge in [0.25, 0.3) is 0 Å². The summed E-state index contributed by atoms with van der Waals surface area (Å²) in [6, 6.07) is 20.5. The third-order valence-electron chi connectivity index (χ3n) is 7.20. The highest BCUT2D eigenvalue weighted by Crippen LogP contribution is 2.38. The van der Waals surface area contributed by atoms with Crippen molar-refractivity contribution in [1.29, 1.82) is 0 Å². The highest BCUT2D eigenvalue weighted by Gasteiger charge is 2.47. The molecule has 186 valence electrons. The van der Waals surface area contributed by atoms with Crippen LogP contribution in [0.25, 0.3) is 0 Å². The molecule has 6 nitrogen and oxygen atoms in total. The summed E-state index contributed by atoms with van der Waals surface area (Å²) in [6.45, 7) is 3.89. The molecule has 1 saturated heterocycles. The fourth-order valence-electron chi connectivity index (χ4n) is 4.95. The van der Waals surface area contributed by atoms with Gasteiger partial charge in [-0.05, 0) is 62.1 Å². The minimum Gasteiger partial charge on any atom is -0.445 e. The van der Waals surface area contributed by atoms with Crippen molar-refractivity contribution in [2.45, 2.75) is 32.8 Å². The van der Waals surface area contributed by atoms with Crippen molar-refractivity contribution >= 4 is 29.3 Å². The first kappa shape index (κ1) is 24.4. The van der Waals surface area contributed by atoms with Crippen LogP contribution in [0, 0.1) is 25.7 Å². The van der Waals surface area contributed by atoms with E-state index in [-0.39, 0.29) is 35.0 Å². The van der Waals surface area contributed by atoms with Gasteiger partial charge in [-0.25, -0.2) is 4.79 Å². The highest BCUT2D eigenvalue weighted by molar-refractivity contribution is 6.22. The Morgan fingerprint density at radius 1 is 0.784 bits per heavy atom. The van der Waals surface area contributed by atoms with E-state index in [9.17, 15) is 19.2 Å². The lowest BCUT2D eigenvalue weighted by molar-refractivity contribution is -0.122. The summed E-state index contributed by atoms with van der Waals surface area (Å²) in [7, 11) is 0. The average Bonchev–Trinajstić information content (AvgIpc) is 3.18. The number of amides is 2. The fraction of sp³-hybridized carbons (Fsp3) is 0.226. The summed E-state index contributed by atoms with van der Waals surface area (Å²) in [5, 5.41) is 0. The number of Topliss-reactive ketones (excluding diaryl/α,β-unsaturated/α-hetero) is 1. The summed E-state index contributed by atoms with van der Waals surface area (Å²) in [4.78, 5) is 54.0. The predicted octanol–water partition coefficient (Wildman–Crippen LogP) is 5.54. The predicted molar refractivity (Wildman–Crippen MR) is 139 cm³/mol. The third kappa shape index (κ3) is 4.62. The Bertz CT molecular complexity index is 1400. The number of allylic oxidation sites excluding steroid dienone is 2. The minimum absolute atomic E-state index is 0.153. The topological polar surface area (TPSA) is 80.8 Å². The van der Waals surface area contributed by atoms with E-state index in [0.717, 1.165) is 11.1 Å². The van der Waals surface area contributed by atoms with Gasteiger partial charge in [0.05, 0.1) is 23.1 Å². The first-order chi connectivity index (χ1) is 17.8. The Morgan fingerprint density at radius 3 is 2.11 bits per heavy atom. The minimum atomic E-state index is -1.15. The number of anilines is 1. The van der Waals surface area contributed by atoms with E-state index >= 15 is 0 Å². The number of nitrogens with zero attached hydrogens (tertiary/aromatic N) is 1. The number of hydrogen-bond acceptors (Lipinski definition) is 5. The van der Waals surface area contributed by atoms with Gasteiger partial charge in [0.15, 0.2) is 6.10 Å². The molecular formula is C31H27NO5. The summed E-state index contributed by atoms with van der Waals surface area (Å²) in [5.41, 5.74) is 3.51. The number of benzene rings is 3. The van der Waals surface area contributed by atoms with Crippen molar-refractivity contribution in [3.05, 3.63) is 113 Å². The van der Waals surface area contributed by atoms with E-state index in [4.69, 9.17) is 4.74 Å². The van der Waals surface area contributed by atoms with Crippen LogP contribution >= 0.6 is 0 Å². The van der Waals surface area contributed by atoms with Gasteiger partial charge in [0.2, 0.25) is 17.6 Å². The molecule has 1 fully saturated rings. The van der Waals surface area contributed by atoms with E-state index < -0.39 is 12.1 Å². The second-order valence-electron chi connectivity index (χ2n) is 9.58. The first-order valence-electron chi connectivity index (χ1n) is 12.4. The highest BCUT2D eigenvalue weighted by atomic mass is 16.5. The number of aryl methyl sites for hydroxylation is 2. The Balaban J connectivity index is 1.43. The van der Waals surface area contributed by atoms with Crippen LogP contribution in [0.3, 0.4) is 0 Å². The number of esters is 1. The molecule has 1 aliphatic carbocycles. The zero-order valence-electron chi connectivity index (χ0n) is 20.7. The molecule has 0 spiro atoms. The maximum absolute atomic E-state index is 13.5. The fourth-order valence-corrected chi connectivity index (χ4v) is 4.95. The number of ether oxygens (including phenoxy) is 1. The van der Waals surface area contributed by atoms with Crippen molar-refractivity contribution in [3.8, 4) is 0 Å². The molecule has 1 aliphatic heterocycles. The normalized spacial score (nSPS) is 19.5. The Morgan fingerprint density at radius 2 is 1.46 bits per heavy atom. The van der Waals surface area contributed by atoms with Crippen LogP contribution in [-0.4, -0.2) is 23.6 Å². The molecule has 6 heteroatoms. The second kappa shape index (κ2) is 9.97. The monoisotopic (exact) mass is 493 g/mol. The molecule has 0 saturated carbocycles. The van der Waals surface area contributed by atoms with Gasteiger partial charge >= 0.3 is 5.97 Å². The first-order valence-corrected chi connectivity index (χ1v) is 12.4. The van der Waals surface area contributed by atoms with Crippen molar-refractivity contribution < 1.29 is 23.9 Å².